The molecule has 2 aromatic rings. The smallest absolute Gasteiger partial charge is 0.302 e. The zero-order valence-corrected chi connectivity index (χ0v) is 15.6. The highest BCUT2D eigenvalue weighted by Gasteiger charge is 2.04. The fraction of sp³-hybridized carbons (Fsp3) is 0.500. The number of halogens is 1. The molecule has 0 aromatic carbocycles. The summed E-state index contributed by atoms with van der Waals surface area (Å²) in [6, 6.07) is 0. The van der Waals surface area contributed by atoms with Gasteiger partial charge in [0.1, 0.15) is 6.10 Å². The van der Waals surface area contributed by atoms with Gasteiger partial charge in [0, 0.05) is 45.2 Å². The van der Waals surface area contributed by atoms with Crippen LogP contribution in [-0.4, -0.2) is 47.6 Å². The average molecular weight is 373 g/mol. The molecule has 2 rings (SSSR count). The summed E-state index contributed by atoms with van der Waals surface area (Å²) in [5, 5.41) is 8.51. The van der Waals surface area contributed by atoms with Gasteiger partial charge in [0.25, 0.3) is 0 Å². The van der Waals surface area contributed by atoms with Crippen LogP contribution in [0, 0.1) is 0 Å². The second-order valence-corrected chi connectivity index (χ2v) is 5.79. The summed E-state index contributed by atoms with van der Waals surface area (Å²) in [5.41, 5.74) is 0. The van der Waals surface area contributed by atoms with E-state index in [1.54, 1.807) is 32.0 Å². The molecule has 2 unspecified atom stereocenters. The maximum Gasteiger partial charge on any atom is 0.302 e. The lowest BCUT2D eigenvalue weighted by Crippen LogP contribution is -2.18. The van der Waals surface area contributed by atoms with Crippen molar-refractivity contribution in [1.82, 2.24) is 19.1 Å². The molecule has 0 saturated heterocycles. The van der Waals surface area contributed by atoms with E-state index in [1.165, 1.54) is 13.8 Å². The number of carbonyl (C=O) groups excluding carboxylic acids is 2. The maximum atomic E-state index is 10.5. The largest absolute Gasteiger partial charge is 0.461 e. The molecule has 0 radical (unpaired) electrons. The van der Waals surface area contributed by atoms with Crippen molar-refractivity contribution >= 4 is 22.8 Å². The number of aliphatic hydroxyl groups is 1. The Morgan fingerprint density at radius 2 is 1.52 bits per heavy atom. The number of esters is 1. The van der Waals surface area contributed by atoms with Crippen LogP contribution in [0.5, 0.6) is 0 Å². The average Bonchev–Trinajstić information content (AvgIpc) is 3.10. The first-order valence-electron chi connectivity index (χ1n) is 7.63. The lowest BCUT2D eigenvalue weighted by atomic mass is 10.4. The monoisotopic (exact) mass is 372 g/mol. The molecule has 8 nitrogen and oxygen atoms in total. The van der Waals surface area contributed by atoms with Crippen LogP contribution in [0.4, 0.5) is 0 Å². The Balaban J connectivity index is 0.000000391. The van der Waals surface area contributed by atoms with E-state index >= 15 is 0 Å². The molecule has 2 atom stereocenters. The van der Waals surface area contributed by atoms with Crippen LogP contribution >= 0.6 is 11.6 Å². The molecule has 0 fully saturated rings. The minimum Gasteiger partial charge on any atom is -0.461 e. The number of hydrogen-bond acceptors (Lipinski definition) is 6. The molecule has 0 spiro atoms. The van der Waals surface area contributed by atoms with Gasteiger partial charge >= 0.3 is 5.97 Å². The van der Waals surface area contributed by atoms with E-state index in [4.69, 9.17) is 9.84 Å². The van der Waals surface area contributed by atoms with E-state index in [-0.39, 0.29) is 23.4 Å². The molecule has 0 saturated carbocycles. The van der Waals surface area contributed by atoms with Crippen molar-refractivity contribution in [3.05, 3.63) is 37.4 Å². The maximum absolute atomic E-state index is 10.5. The summed E-state index contributed by atoms with van der Waals surface area (Å²) in [6.45, 7) is 7.58. The van der Waals surface area contributed by atoms with E-state index in [1.807, 2.05) is 28.5 Å². The molecule has 0 aliphatic rings. The van der Waals surface area contributed by atoms with Crippen molar-refractivity contribution in [3.63, 3.8) is 0 Å². The number of ether oxygens (including phenoxy) is 1. The summed E-state index contributed by atoms with van der Waals surface area (Å²) in [6.07, 6.45) is 10.0. The predicted molar refractivity (Wildman–Crippen MR) is 93.9 cm³/mol. The summed E-state index contributed by atoms with van der Waals surface area (Å²) < 4.78 is 8.64. The first kappa shape index (κ1) is 22.8. The number of carbonyl (C=O) groups is 2. The Hall–Kier alpha value is -2.19. The van der Waals surface area contributed by atoms with Gasteiger partial charge in [0.05, 0.1) is 25.3 Å². The van der Waals surface area contributed by atoms with Gasteiger partial charge in [-0.3, -0.25) is 9.59 Å². The van der Waals surface area contributed by atoms with Gasteiger partial charge in [-0.05, 0) is 25.4 Å². The van der Waals surface area contributed by atoms with E-state index in [0.29, 0.717) is 13.1 Å². The molecule has 1 N–H and O–H groups in total. The second kappa shape index (κ2) is 13.1. The van der Waals surface area contributed by atoms with Crippen molar-refractivity contribution in [3.8, 4) is 0 Å². The standard InChI is InChI=1S/C8H12N2O2.C6H10N2O.C2H3ClO/c1-7(12-8(2)11)5-10-4-3-9-6-10;1-6(9)4-8-3-2-7-5-8;1-2(3)4/h3-4,6-7H,5H2,1-2H3;2-3,5-6,9H,4H2,1H3;1H3. The number of imidazole rings is 2. The first-order valence-corrected chi connectivity index (χ1v) is 8.01. The summed E-state index contributed by atoms with van der Waals surface area (Å²) >= 11 is 4.64. The van der Waals surface area contributed by atoms with Crippen LogP contribution in [0.2, 0.25) is 0 Å². The summed E-state index contributed by atoms with van der Waals surface area (Å²) in [4.78, 5) is 27.4. The number of nitrogens with zero attached hydrogens (tertiary/aromatic N) is 4. The molecular formula is C16H25ClN4O4. The van der Waals surface area contributed by atoms with Gasteiger partial charge in [-0.15, -0.1) is 0 Å². The third-order valence-corrected chi connectivity index (χ3v) is 2.43. The van der Waals surface area contributed by atoms with Crippen molar-refractivity contribution in [2.24, 2.45) is 0 Å². The predicted octanol–water partition coefficient (Wildman–Crippen LogP) is 1.87. The highest BCUT2D eigenvalue weighted by atomic mass is 35.5. The molecule has 140 valence electrons. The Morgan fingerprint density at radius 1 is 1.08 bits per heavy atom. The Labute approximate surface area is 152 Å². The molecule has 2 aromatic heterocycles. The number of aliphatic hydroxyl groups excluding tert-OH is 1. The third-order valence-electron chi connectivity index (χ3n) is 2.43. The van der Waals surface area contributed by atoms with Gasteiger partial charge in [-0.25, -0.2) is 9.97 Å². The first-order chi connectivity index (χ1) is 11.7. The topological polar surface area (TPSA) is 99.2 Å². The van der Waals surface area contributed by atoms with E-state index in [2.05, 4.69) is 21.6 Å². The van der Waals surface area contributed by atoms with Crippen LogP contribution in [0.1, 0.15) is 27.7 Å². The van der Waals surface area contributed by atoms with E-state index < -0.39 is 0 Å². The quantitative estimate of drug-likeness (QED) is 0.635. The molecule has 25 heavy (non-hydrogen) atoms. The molecular weight excluding hydrogens is 348 g/mol. The fourth-order valence-electron chi connectivity index (χ4n) is 1.71. The van der Waals surface area contributed by atoms with Gasteiger partial charge in [-0.2, -0.15) is 0 Å². The minimum absolute atomic E-state index is 0.100. The minimum atomic E-state index is -0.361. The van der Waals surface area contributed by atoms with Crippen LogP contribution in [0.15, 0.2) is 37.4 Å². The Bertz CT molecular complexity index is 581. The third kappa shape index (κ3) is 15.1. The molecule has 0 aliphatic carbocycles. The van der Waals surface area contributed by atoms with Crippen molar-refractivity contribution in [2.75, 3.05) is 0 Å². The van der Waals surface area contributed by atoms with Crippen LogP contribution < -0.4 is 0 Å². The molecule has 2 heterocycles. The fourth-order valence-corrected chi connectivity index (χ4v) is 1.71. The summed E-state index contributed by atoms with van der Waals surface area (Å²) in [5.74, 6) is -0.248. The van der Waals surface area contributed by atoms with E-state index in [9.17, 15) is 9.59 Å². The molecule has 9 heteroatoms. The SMILES string of the molecule is CC(=O)Cl.CC(=O)OC(C)Cn1ccnc1.CC(O)Cn1ccnc1. The Kier molecular flexibility index (Phi) is 12.0. The van der Waals surface area contributed by atoms with Crippen LogP contribution in [0.25, 0.3) is 0 Å². The highest BCUT2D eigenvalue weighted by molar-refractivity contribution is 6.62. The zero-order chi connectivity index (χ0) is 19.2. The highest BCUT2D eigenvalue weighted by Crippen LogP contribution is 1.96. The normalized spacial score (nSPS) is 11.9. The van der Waals surface area contributed by atoms with Crippen molar-refractivity contribution < 1.29 is 19.4 Å². The van der Waals surface area contributed by atoms with Crippen molar-refractivity contribution in [2.45, 2.75) is 53.0 Å². The molecule has 0 amide bonds. The molecule has 0 bridgehead atoms. The zero-order valence-electron chi connectivity index (χ0n) is 14.9. The van der Waals surface area contributed by atoms with Gasteiger partial charge < -0.3 is 19.0 Å². The van der Waals surface area contributed by atoms with Gasteiger partial charge in [0.15, 0.2) is 0 Å². The van der Waals surface area contributed by atoms with Crippen molar-refractivity contribution in [1.29, 1.82) is 0 Å². The van der Waals surface area contributed by atoms with E-state index in [0.717, 1.165) is 0 Å². The Morgan fingerprint density at radius 3 is 1.84 bits per heavy atom. The number of hydrogen-bond donors (Lipinski definition) is 1. The summed E-state index contributed by atoms with van der Waals surface area (Å²) in [7, 11) is 0. The lowest BCUT2D eigenvalue weighted by molar-refractivity contribution is -0.146. The van der Waals surface area contributed by atoms with Crippen LogP contribution in [0.3, 0.4) is 0 Å². The van der Waals surface area contributed by atoms with Crippen LogP contribution in [-0.2, 0) is 27.4 Å². The van der Waals surface area contributed by atoms with Gasteiger partial charge in [-0.1, -0.05) is 0 Å². The lowest BCUT2D eigenvalue weighted by Gasteiger charge is -2.11. The van der Waals surface area contributed by atoms with Gasteiger partial charge in [0.2, 0.25) is 5.24 Å². The second-order valence-electron chi connectivity index (χ2n) is 5.26. The molecule has 0 aliphatic heterocycles. The number of rotatable bonds is 5. The number of aromatic nitrogens is 4.